The number of hydrogen-bond donors (Lipinski definition) is 0. The number of carbonyl (C=O) groups excluding carboxylic acids is 2. The number of carbonyl (C=O) groups is 2. The summed E-state index contributed by atoms with van der Waals surface area (Å²) >= 11 is 0. The van der Waals surface area contributed by atoms with Crippen LogP contribution in [0.5, 0.6) is 0 Å². The first-order valence-corrected chi connectivity index (χ1v) is 10.4. The van der Waals surface area contributed by atoms with E-state index in [1.807, 2.05) is 13.8 Å². The predicted molar refractivity (Wildman–Crippen MR) is 121 cm³/mol. The van der Waals surface area contributed by atoms with Gasteiger partial charge < -0.3 is 0 Å². The molecule has 0 aliphatic carbocycles. The van der Waals surface area contributed by atoms with Crippen molar-refractivity contribution in [1.29, 1.82) is 0 Å². The quantitative estimate of drug-likeness (QED) is 0.237. The van der Waals surface area contributed by atoms with E-state index in [9.17, 15) is 27.2 Å². The molecule has 0 N–H and O–H groups in total. The average molecular weight is 462 g/mol. The summed E-state index contributed by atoms with van der Waals surface area (Å²) in [5, 5.41) is 0. The van der Waals surface area contributed by atoms with Gasteiger partial charge in [-0.2, -0.15) is 0 Å². The van der Waals surface area contributed by atoms with Gasteiger partial charge in [-0.05, 0) is 38.1 Å². The largest absolute Gasteiger partial charge is 0.289 e. The maximum atomic E-state index is 14.9. The first-order chi connectivity index (χ1) is 16.2. The van der Waals surface area contributed by atoms with Gasteiger partial charge in [0, 0.05) is 22.3 Å². The van der Waals surface area contributed by atoms with Gasteiger partial charge in [0.1, 0.15) is 23.3 Å². The van der Waals surface area contributed by atoms with Gasteiger partial charge in [-0.15, -0.1) is 0 Å². The Kier molecular flexibility index (Phi) is 6.16. The number of hydrogen-bond acceptors (Lipinski definition) is 2. The van der Waals surface area contributed by atoms with Gasteiger partial charge in [0.15, 0.2) is 11.6 Å². The summed E-state index contributed by atoms with van der Waals surface area (Å²) in [6.45, 7) is 3.65. The Morgan fingerprint density at radius 1 is 0.471 bits per heavy atom. The molecule has 0 spiro atoms. The van der Waals surface area contributed by atoms with Crippen LogP contribution < -0.4 is 0 Å². The van der Waals surface area contributed by atoms with Crippen LogP contribution in [-0.4, -0.2) is 11.6 Å². The van der Waals surface area contributed by atoms with E-state index in [2.05, 4.69) is 0 Å². The smallest absolute Gasteiger partial charge is 0.193 e. The Balaban J connectivity index is 1.73. The van der Waals surface area contributed by atoms with Crippen LogP contribution in [0.1, 0.15) is 43.0 Å². The van der Waals surface area contributed by atoms with Crippen molar-refractivity contribution in [3.63, 3.8) is 0 Å². The van der Waals surface area contributed by atoms with E-state index in [1.165, 1.54) is 24.3 Å². The van der Waals surface area contributed by atoms with Crippen molar-refractivity contribution in [2.24, 2.45) is 0 Å². The first-order valence-electron chi connectivity index (χ1n) is 10.4. The zero-order valence-corrected chi connectivity index (χ0v) is 18.3. The number of halogens is 4. The predicted octanol–water partition coefficient (Wildman–Crippen LogP) is 6.99. The Bertz CT molecular complexity index is 1270. The zero-order valence-electron chi connectivity index (χ0n) is 18.3. The van der Waals surface area contributed by atoms with Crippen LogP contribution >= 0.6 is 0 Å². The molecule has 0 atom stereocenters. The van der Waals surface area contributed by atoms with Crippen molar-refractivity contribution in [3.05, 3.63) is 129 Å². The van der Waals surface area contributed by atoms with E-state index in [4.69, 9.17) is 0 Å². The van der Waals surface area contributed by atoms with Crippen molar-refractivity contribution in [2.45, 2.75) is 13.8 Å². The molecule has 0 radical (unpaired) electrons. The number of benzene rings is 4. The lowest BCUT2D eigenvalue weighted by Gasteiger charge is -2.12. The third kappa shape index (κ3) is 4.39. The molecule has 0 amide bonds. The average Bonchev–Trinajstić information content (AvgIpc) is 2.80. The number of aryl methyl sites for hydroxylation is 2. The minimum absolute atomic E-state index is 0.216. The number of rotatable bonds is 5. The summed E-state index contributed by atoms with van der Waals surface area (Å²) in [7, 11) is 0. The fraction of sp³-hybridized carbons (Fsp3) is 0.0714. The minimum atomic E-state index is -1.30. The van der Waals surface area contributed by atoms with Gasteiger partial charge in [0.25, 0.3) is 0 Å². The van der Waals surface area contributed by atoms with Gasteiger partial charge >= 0.3 is 0 Å². The third-order valence-electron chi connectivity index (χ3n) is 5.49. The molecule has 0 aliphatic rings. The Hall–Kier alpha value is -4.06. The van der Waals surface area contributed by atoms with Crippen molar-refractivity contribution < 1.29 is 27.2 Å². The fourth-order valence-corrected chi connectivity index (χ4v) is 3.63. The highest BCUT2D eigenvalue weighted by Crippen LogP contribution is 2.33. The van der Waals surface area contributed by atoms with E-state index >= 15 is 0 Å². The fourth-order valence-electron chi connectivity index (χ4n) is 3.63. The number of ketones is 2. The highest BCUT2D eigenvalue weighted by Gasteiger charge is 2.24. The molecule has 2 nitrogen and oxygen atoms in total. The molecule has 34 heavy (non-hydrogen) atoms. The molecule has 0 aromatic heterocycles. The summed E-state index contributed by atoms with van der Waals surface area (Å²) in [6.07, 6.45) is 0. The SMILES string of the molecule is Cc1ccc(C(=O)c2cc(F)c(-c3c(F)cc(C(=O)c4ccc(C)cc4)cc3F)c(F)c2)cc1. The lowest BCUT2D eigenvalue weighted by atomic mass is 9.95. The van der Waals surface area contributed by atoms with Crippen molar-refractivity contribution in [2.75, 3.05) is 0 Å². The van der Waals surface area contributed by atoms with Crippen LogP contribution in [0.3, 0.4) is 0 Å². The highest BCUT2D eigenvalue weighted by atomic mass is 19.1. The van der Waals surface area contributed by atoms with Crippen LogP contribution in [0.2, 0.25) is 0 Å². The normalized spacial score (nSPS) is 10.9. The molecular formula is C28H18F4O2. The maximum Gasteiger partial charge on any atom is 0.193 e. The molecule has 170 valence electrons. The summed E-state index contributed by atoms with van der Waals surface area (Å²) < 4.78 is 59.5. The maximum absolute atomic E-state index is 14.9. The summed E-state index contributed by atoms with van der Waals surface area (Å²) in [5.41, 5.74) is -0.264. The molecule has 4 rings (SSSR count). The Labute approximate surface area is 193 Å². The van der Waals surface area contributed by atoms with E-state index in [1.54, 1.807) is 24.3 Å². The van der Waals surface area contributed by atoms with Crippen molar-refractivity contribution in [1.82, 2.24) is 0 Å². The van der Waals surface area contributed by atoms with Crippen molar-refractivity contribution in [3.8, 4) is 11.1 Å². The lowest BCUT2D eigenvalue weighted by molar-refractivity contribution is 0.103. The molecule has 0 fully saturated rings. The molecule has 0 unspecified atom stereocenters. The van der Waals surface area contributed by atoms with E-state index in [-0.39, 0.29) is 22.3 Å². The Morgan fingerprint density at radius 2 is 0.735 bits per heavy atom. The monoisotopic (exact) mass is 462 g/mol. The van der Waals surface area contributed by atoms with E-state index in [0.717, 1.165) is 35.4 Å². The lowest BCUT2D eigenvalue weighted by Crippen LogP contribution is -2.07. The second-order valence-electron chi connectivity index (χ2n) is 8.02. The molecule has 0 saturated heterocycles. The molecule has 0 aliphatic heterocycles. The van der Waals surface area contributed by atoms with Crippen LogP contribution in [0.4, 0.5) is 17.6 Å². The van der Waals surface area contributed by atoms with Gasteiger partial charge in [0.05, 0.1) is 11.1 Å². The highest BCUT2D eigenvalue weighted by molar-refractivity contribution is 6.10. The zero-order chi connectivity index (χ0) is 24.6. The summed E-state index contributed by atoms with van der Waals surface area (Å²) in [4.78, 5) is 25.2. The first kappa shape index (κ1) is 23.1. The minimum Gasteiger partial charge on any atom is -0.289 e. The van der Waals surface area contributed by atoms with Crippen molar-refractivity contribution >= 4 is 11.6 Å². The van der Waals surface area contributed by atoms with Crippen LogP contribution in [0.25, 0.3) is 11.1 Å². The van der Waals surface area contributed by atoms with Crippen LogP contribution in [0.15, 0.2) is 72.8 Å². The standard InChI is InChI=1S/C28H18F4O2/c1-15-3-7-17(8-4-15)27(33)19-11-21(29)25(22(30)12-19)26-23(31)13-20(14-24(26)32)28(34)18-9-5-16(2)6-10-18/h3-14H,1-2H3. The molecule has 4 aromatic carbocycles. The van der Waals surface area contributed by atoms with E-state index < -0.39 is 46.0 Å². The van der Waals surface area contributed by atoms with E-state index in [0.29, 0.717) is 0 Å². The van der Waals surface area contributed by atoms with Gasteiger partial charge in [0.2, 0.25) is 0 Å². The molecule has 0 saturated carbocycles. The summed E-state index contributed by atoms with van der Waals surface area (Å²) in [5.74, 6) is -6.47. The molecule has 0 heterocycles. The molecule has 0 bridgehead atoms. The topological polar surface area (TPSA) is 34.1 Å². The van der Waals surface area contributed by atoms with Crippen LogP contribution in [0, 0.1) is 37.1 Å². The molecular weight excluding hydrogens is 444 g/mol. The van der Waals surface area contributed by atoms with Gasteiger partial charge in [-0.3, -0.25) is 9.59 Å². The second kappa shape index (κ2) is 9.06. The summed E-state index contributed by atoms with van der Waals surface area (Å²) in [6, 6.07) is 15.8. The molecule has 4 aromatic rings. The second-order valence-corrected chi connectivity index (χ2v) is 8.02. The van der Waals surface area contributed by atoms with Crippen LogP contribution in [-0.2, 0) is 0 Å². The van der Waals surface area contributed by atoms with Gasteiger partial charge in [-0.1, -0.05) is 59.7 Å². The third-order valence-corrected chi connectivity index (χ3v) is 5.49. The Morgan fingerprint density at radius 3 is 1.00 bits per heavy atom. The molecule has 6 heteroatoms. The van der Waals surface area contributed by atoms with Gasteiger partial charge in [-0.25, -0.2) is 17.6 Å².